The number of hydrogen-bond acceptors (Lipinski definition) is 4. The summed E-state index contributed by atoms with van der Waals surface area (Å²) in [6.07, 6.45) is 0.457. The Morgan fingerprint density at radius 3 is 2.85 bits per heavy atom. The number of nitrogens with zero attached hydrogens (tertiary/aromatic N) is 1. The Kier molecular flexibility index (Phi) is 5.59. The zero-order chi connectivity index (χ0) is 19.4. The Bertz CT molecular complexity index is 920. The van der Waals surface area contributed by atoms with Crippen molar-refractivity contribution in [3.8, 4) is 11.1 Å². The van der Waals surface area contributed by atoms with Crippen LogP contribution in [0.3, 0.4) is 0 Å². The van der Waals surface area contributed by atoms with E-state index >= 15 is 0 Å². The average Bonchev–Trinajstić information content (AvgIpc) is 2.66. The standard InChI is InChI=1S/C20H23N3O4/c1-13-11-17(19(25)22-14(13)2)15-5-3-6-16(12-15)18(24)21-7-9-23-8-4-10-27-20(23)26/h3,5-6,11-12H,4,7-10H2,1-2H3,(H,21,24)(H,22,25). The van der Waals surface area contributed by atoms with E-state index in [-0.39, 0.29) is 17.6 Å². The summed E-state index contributed by atoms with van der Waals surface area (Å²) in [7, 11) is 0. The highest BCUT2D eigenvalue weighted by Crippen LogP contribution is 2.18. The van der Waals surface area contributed by atoms with Gasteiger partial charge in [0.1, 0.15) is 0 Å². The van der Waals surface area contributed by atoms with Gasteiger partial charge in [-0.15, -0.1) is 0 Å². The molecule has 1 aliphatic heterocycles. The van der Waals surface area contributed by atoms with Crippen molar-refractivity contribution in [3.63, 3.8) is 0 Å². The molecule has 0 bridgehead atoms. The number of ether oxygens (including phenoxy) is 1. The summed E-state index contributed by atoms with van der Waals surface area (Å²) >= 11 is 0. The van der Waals surface area contributed by atoms with E-state index < -0.39 is 0 Å². The summed E-state index contributed by atoms with van der Waals surface area (Å²) < 4.78 is 4.97. The van der Waals surface area contributed by atoms with E-state index in [0.29, 0.717) is 42.9 Å². The molecule has 1 saturated heterocycles. The number of amides is 2. The van der Waals surface area contributed by atoms with Crippen molar-refractivity contribution < 1.29 is 14.3 Å². The number of H-pyrrole nitrogens is 1. The lowest BCUT2D eigenvalue weighted by molar-refractivity contribution is 0.0719. The van der Waals surface area contributed by atoms with Gasteiger partial charge < -0.3 is 19.9 Å². The minimum atomic E-state index is -0.341. The predicted octanol–water partition coefficient (Wildman–Crippen LogP) is 2.23. The van der Waals surface area contributed by atoms with Crippen molar-refractivity contribution in [1.82, 2.24) is 15.2 Å². The van der Waals surface area contributed by atoms with E-state index in [4.69, 9.17) is 4.74 Å². The maximum Gasteiger partial charge on any atom is 0.409 e. The van der Waals surface area contributed by atoms with Gasteiger partial charge in [-0.05, 0) is 49.6 Å². The molecule has 1 fully saturated rings. The maximum atomic E-state index is 12.4. The normalized spacial score (nSPS) is 14.0. The SMILES string of the molecule is Cc1cc(-c2cccc(C(=O)NCCN3CCCOC3=O)c2)c(=O)[nH]c1C. The van der Waals surface area contributed by atoms with Gasteiger partial charge in [0.2, 0.25) is 0 Å². The fraction of sp³-hybridized carbons (Fsp3) is 0.350. The quantitative estimate of drug-likeness (QED) is 0.845. The number of aryl methyl sites for hydroxylation is 2. The highest BCUT2D eigenvalue weighted by atomic mass is 16.6. The molecule has 0 aliphatic carbocycles. The van der Waals surface area contributed by atoms with Crippen LogP contribution in [0.5, 0.6) is 0 Å². The van der Waals surface area contributed by atoms with E-state index in [2.05, 4.69) is 10.3 Å². The number of aromatic nitrogens is 1. The van der Waals surface area contributed by atoms with Crippen molar-refractivity contribution in [2.75, 3.05) is 26.2 Å². The molecule has 0 atom stereocenters. The second kappa shape index (κ2) is 8.07. The van der Waals surface area contributed by atoms with E-state index in [1.165, 1.54) is 0 Å². The molecule has 0 radical (unpaired) electrons. The largest absolute Gasteiger partial charge is 0.449 e. The van der Waals surface area contributed by atoms with Crippen LogP contribution in [0.25, 0.3) is 11.1 Å². The van der Waals surface area contributed by atoms with Gasteiger partial charge in [-0.25, -0.2) is 4.79 Å². The lowest BCUT2D eigenvalue weighted by Crippen LogP contribution is -2.42. The molecule has 2 aromatic rings. The Balaban J connectivity index is 1.68. The van der Waals surface area contributed by atoms with Crippen molar-refractivity contribution in [3.05, 3.63) is 57.5 Å². The molecule has 0 unspecified atom stereocenters. The van der Waals surface area contributed by atoms with E-state index in [9.17, 15) is 14.4 Å². The molecule has 0 saturated carbocycles. The van der Waals surface area contributed by atoms with Crippen molar-refractivity contribution in [2.45, 2.75) is 20.3 Å². The first-order chi connectivity index (χ1) is 13.0. The van der Waals surface area contributed by atoms with Gasteiger partial charge in [0.15, 0.2) is 0 Å². The van der Waals surface area contributed by atoms with Crippen LogP contribution in [-0.4, -0.2) is 48.1 Å². The third-order valence-corrected chi connectivity index (χ3v) is 4.66. The zero-order valence-electron chi connectivity index (χ0n) is 15.5. The summed E-state index contributed by atoms with van der Waals surface area (Å²) in [6.45, 7) is 5.61. The minimum Gasteiger partial charge on any atom is -0.449 e. The van der Waals surface area contributed by atoms with E-state index in [0.717, 1.165) is 17.7 Å². The van der Waals surface area contributed by atoms with Crippen LogP contribution in [-0.2, 0) is 4.74 Å². The summed E-state index contributed by atoms with van der Waals surface area (Å²) in [5.74, 6) is -0.248. The summed E-state index contributed by atoms with van der Waals surface area (Å²) in [5, 5.41) is 2.81. The molecule has 7 nitrogen and oxygen atoms in total. The summed E-state index contributed by atoms with van der Waals surface area (Å²) in [6, 6.07) is 8.78. The fourth-order valence-electron chi connectivity index (χ4n) is 2.98. The lowest BCUT2D eigenvalue weighted by Gasteiger charge is -2.26. The molecule has 2 N–H and O–H groups in total. The third-order valence-electron chi connectivity index (χ3n) is 4.66. The maximum absolute atomic E-state index is 12.4. The van der Waals surface area contributed by atoms with Crippen LogP contribution in [0.2, 0.25) is 0 Å². The molecule has 1 aromatic carbocycles. The molecular formula is C20H23N3O4. The number of carbonyl (C=O) groups excluding carboxylic acids is 2. The van der Waals surface area contributed by atoms with Crippen molar-refractivity contribution >= 4 is 12.0 Å². The van der Waals surface area contributed by atoms with Crippen LogP contribution >= 0.6 is 0 Å². The molecule has 7 heteroatoms. The third kappa shape index (κ3) is 4.36. The molecule has 1 aromatic heterocycles. The number of hydrogen-bond donors (Lipinski definition) is 2. The number of nitrogens with one attached hydrogen (secondary N) is 2. The number of benzene rings is 1. The van der Waals surface area contributed by atoms with E-state index in [1.54, 1.807) is 29.2 Å². The zero-order valence-corrected chi connectivity index (χ0v) is 15.5. The highest BCUT2D eigenvalue weighted by Gasteiger charge is 2.19. The summed E-state index contributed by atoms with van der Waals surface area (Å²) in [5.41, 5.74) is 3.31. The smallest absolute Gasteiger partial charge is 0.409 e. The minimum absolute atomic E-state index is 0.181. The van der Waals surface area contributed by atoms with Crippen LogP contribution in [0.15, 0.2) is 35.1 Å². The Morgan fingerprint density at radius 2 is 2.07 bits per heavy atom. The number of carbonyl (C=O) groups is 2. The van der Waals surface area contributed by atoms with Crippen LogP contribution in [0.1, 0.15) is 28.0 Å². The molecule has 1 aliphatic rings. The molecule has 0 spiro atoms. The van der Waals surface area contributed by atoms with E-state index in [1.807, 2.05) is 19.9 Å². The predicted molar refractivity (Wildman–Crippen MR) is 102 cm³/mol. The molecule has 27 heavy (non-hydrogen) atoms. The van der Waals surface area contributed by atoms with Crippen LogP contribution < -0.4 is 10.9 Å². The number of rotatable bonds is 5. The molecular weight excluding hydrogens is 346 g/mol. The van der Waals surface area contributed by atoms with Gasteiger partial charge in [-0.1, -0.05) is 12.1 Å². The number of cyclic esters (lactones) is 1. The first-order valence-corrected chi connectivity index (χ1v) is 8.96. The Morgan fingerprint density at radius 1 is 1.26 bits per heavy atom. The van der Waals surface area contributed by atoms with Crippen LogP contribution in [0.4, 0.5) is 4.79 Å². The van der Waals surface area contributed by atoms with Gasteiger partial charge >= 0.3 is 6.09 Å². The van der Waals surface area contributed by atoms with Gasteiger partial charge in [0.05, 0.1) is 6.61 Å². The molecule has 2 heterocycles. The first kappa shape index (κ1) is 18.7. The summed E-state index contributed by atoms with van der Waals surface area (Å²) in [4.78, 5) is 40.7. The van der Waals surface area contributed by atoms with Crippen molar-refractivity contribution in [2.24, 2.45) is 0 Å². The molecule has 142 valence electrons. The molecule has 3 rings (SSSR count). The number of pyridine rings is 1. The fourth-order valence-corrected chi connectivity index (χ4v) is 2.98. The Hall–Kier alpha value is -3.09. The Labute approximate surface area is 157 Å². The average molecular weight is 369 g/mol. The van der Waals surface area contributed by atoms with Crippen LogP contribution in [0, 0.1) is 13.8 Å². The number of aromatic amines is 1. The lowest BCUT2D eigenvalue weighted by atomic mass is 10.0. The van der Waals surface area contributed by atoms with Gasteiger partial charge in [-0.3, -0.25) is 9.59 Å². The first-order valence-electron chi connectivity index (χ1n) is 8.96. The van der Waals surface area contributed by atoms with Crippen molar-refractivity contribution in [1.29, 1.82) is 0 Å². The van der Waals surface area contributed by atoms with Gasteiger partial charge in [0, 0.05) is 36.5 Å². The highest BCUT2D eigenvalue weighted by molar-refractivity contribution is 5.95. The molecule has 2 amide bonds. The second-order valence-corrected chi connectivity index (χ2v) is 6.61. The monoisotopic (exact) mass is 369 g/mol. The van der Waals surface area contributed by atoms with Gasteiger partial charge in [-0.2, -0.15) is 0 Å². The topological polar surface area (TPSA) is 91.5 Å². The second-order valence-electron chi connectivity index (χ2n) is 6.61. The van der Waals surface area contributed by atoms with Gasteiger partial charge in [0.25, 0.3) is 11.5 Å².